The van der Waals surface area contributed by atoms with Gasteiger partial charge in [-0.15, -0.1) is 0 Å². The molecule has 3 aromatic heterocycles. The normalized spacial score (nSPS) is 15.1. The van der Waals surface area contributed by atoms with Crippen molar-refractivity contribution in [3.05, 3.63) is 59.7 Å². The Balaban J connectivity index is 1.37. The third-order valence-electron chi connectivity index (χ3n) is 5.10. The van der Waals surface area contributed by atoms with E-state index in [0.29, 0.717) is 43.9 Å². The monoisotopic (exact) mass is 384 g/mol. The standard InChI is InChI=1S/C20H21FN4O3/c1-13-4-9-25-16(11-13)23-17(18(25)21)20(27)24-7-5-14(6-8-24)19(26)22-12-15-3-2-10-28-15/h2-4,9-11,14H,5-8,12H2,1H3,(H,22,26). The first kappa shape index (κ1) is 18.2. The average Bonchev–Trinajstić information content (AvgIpc) is 3.33. The number of imidazole rings is 1. The molecule has 0 unspecified atom stereocenters. The minimum atomic E-state index is -0.654. The molecule has 146 valence electrons. The molecule has 1 N–H and O–H groups in total. The maximum atomic E-state index is 14.6. The van der Waals surface area contributed by atoms with Crippen LogP contribution in [0.15, 0.2) is 41.1 Å². The molecule has 4 heterocycles. The van der Waals surface area contributed by atoms with E-state index >= 15 is 0 Å². The third-order valence-corrected chi connectivity index (χ3v) is 5.10. The van der Waals surface area contributed by atoms with Crippen molar-refractivity contribution in [3.8, 4) is 0 Å². The molecule has 0 atom stereocenters. The first-order valence-corrected chi connectivity index (χ1v) is 9.26. The van der Waals surface area contributed by atoms with Crippen molar-refractivity contribution in [3.63, 3.8) is 0 Å². The van der Waals surface area contributed by atoms with E-state index in [0.717, 1.165) is 5.56 Å². The Morgan fingerprint density at radius 3 is 2.82 bits per heavy atom. The van der Waals surface area contributed by atoms with Gasteiger partial charge in [-0.2, -0.15) is 4.39 Å². The SMILES string of the molecule is Cc1ccn2c(F)c(C(=O)N3CCC(C(=O)NCc4ccco4)CC3)nc2c1. The molecule has 4 rings (SSSR count). The number of halogens is 1. The fourth-order valence-electron chi connectivity index (χ4n) is 3.48. The Bertz CT molecular complexity index is 1000. The molecule has 0 bridgehead atoms. The molecule has 1 aliphatic rings. The van der Waals surface area contributed by atoms with E-state index in [9.17, 15) is 14.0 Å². The van der Waals surface area contributed by atoms with Gasteiger partial charge in [0, 0.05) is 25.2 Å². The van der Waals surface area contributed by atoms with Crippen LogP contribution in [-0.2, 0) is 11.3 Å². The van der Waals surface area contributed by atoms with Crippen molar-refractivity contribution in [1.29, 1.82) is 0 Å². The van der Waals surface area contributed by atoms with Gasteiger partial charge in [0.2, 0.25) is 11.9 Å². The molecule has 1 aliphatic heterocycles. The van der Waals surface area contributed by atoms with Crippen LogP contribution in [0.1, 0.15) is 34.7 Å². The number of fused-ring (bicyclic) bond motifs is 1. The van der Waals surface area contributed by atoms with Gasteiger partial charge in [-0.1, -0.05) is 0 Å². The number of hydrogen-bond acceptors (Lipinski definition) is 4. The highest BCUT2D eigenvalue weighted by Crippen LogP contribution is 2.21. The zero-order chi connectivity index (χ0) is 19.7. The third kappa shape index (κ3) is 3.49. The van der Waals surface area contributed by atoms with Crippen LogP contribution in [0.5, 0.6) is 0 Å². The van der Waals surface area contributed by atoms with Crippen LogP contribution in [0.4, 0.5) is 4.39 Å². The van der Waals surface area contributed by atoms with Crippen molar-refractivity contribution >= 4 is 17.5 Å². The predicted molar refractivity (Wildman–Crippen MR) is 99.1 cm³/mol. The number of carbonyl (C=O) groups is 2. The second kappa shape index (κ2) is 7.46. The number of carbonyl (C=O) groups excluding carboxylic acids is 2. The second-order valence-electron chi connectivity index (χ2n) is 7.05. The second-order valence-corrected chi connectivity index (χ2v) is 7.05. The number of aryl methyl sites for hydroxylation is 1. The molecule has 1 saturated heterocycles. The quantitative estimate of drug-likeness (QED) is 0.750. The minimum absolute atomic E-state index is 0.0575. The van der Waals surface area contributed by atoms with Crippen molar-refractivity contribution in [2.45, 2.75) is 26.3 Å². The average molecular weight is 384 g/mol. The lowest BCUT2D eigenvalue weighted by Crippen LogP contribution is -2.43. The maximum absolute atomic E-state index is 14.6. The molecule has 8 heteroatoms. The van der Waals surface area contributed by atoms with Crippen molar-refractivity contribution in [2.24, 2.45) is 5.92 Å². The van der Waals surface area contributed by atoms with E-state index in [1.54, 1.807) is 41.6 Å². The number of nitrogens with zero attached hydrogens (tertiary/aromatic N) is 3. The number of pyridine rings is 1. The molecule has 1 fully saturated rings. The topological polar surface area (TPSA) is 79.9 Å². The summed E-state index contributed by atoms with van der Waals surface area (Å²) in [6, 6.07) is 7.06. The Morgan fingerprint density at radius 1 is 1.32 bits per heavy atom. The molecule has 2 amide bonds. The summed E-state index contributed by atoms with van der Waals surface area (Å²) < 4.78 is 21.1. The number of aromatic nitrogens is 2. The molecule has 0 radical (unpaired) electrons. The molecule has 0 saturated carbocycles. The summed E-state index contributed by atoms with van der Waals surface area (Å²) in [5.41, 5.74) is 1.18. The van der Waals surface area contributed by atoms with Gasteiger partial charge in [0.15, 0.2) is 5.69 Å². The Hall–Kier alpha value is -3.16. The maximum Gasteiger partial charge on any atom is 0.277 e. The lowest BCUT2D eigenvalue weighted by molar-refractivity contribution is -0.126. The number of rotatable bonds is 4. The molecule has 3 aromatic rings. The summed E-state index contributed by atoms with van der Waals surface area (Å²) >= 11 is 0. The first-order valence-electron chi connectivity index (χ1n) is 9.26. The largest absolute Gasteiger partial charge is 0.467 e. The highest BCUT2D eigenvalue weighted by molar-refractivity contribution is 5.93. The number of furan rings is 1. The Kier molecular flexibility index (Phi) is 4.85. The van der Waals surface area contributed by atoms with Crippen molar-refractivity contribution < 1.29 is 18.4 Å². The van der Waals surface area contributed by atoms with Crippen LogP contribution < -0.4 is 5.32 Å². The number of hydrogen-bond donors (Lipinski definition) is 1. The summed E-state index contributed by atoms with van der Waals surface area (Å²) in [7, 11) is 0. The molecule has 0 spiro atoms. The van der Waals surface area contributed by atoms with Crippen LogP contribution in [0.25, 0.3) is 5.65 Å². The van der Waals surface area contributed by atoms with Gasteiger partial charge >= 0.3 is 0 Å². The van der Waals surface area contributed by atoms with Crippen LogP contribution in [0.2, 0.25) is 0 Å². The number of piperidine rings is 1. The highest BCUT2D eigenvalue weighted by Gasteiger charge is 2.30. The van der Waals surface area contributed by atoms with Gasteiger partial charge in [0.25, 0.3) is 5.91 Å². The van der Waals surface area contributed by atoms with E-state index in [4.69, 9.17) is 4.42 Å². The van der Waals surface area contributed by atoms with E-state index in [-0.39, 0.29) is 17.5 Å². The van der Waals surface area contributed by atoms with Crippen LogP contribution >= 0.6 is 0 Å². The molecular formula is C20H21FN4O3. The number of nitrogens with one attached hydrogen (secondary N) is 1. The van der Waals surface area contributed by atoms with E-state index in [1.165, 1.54) is 4.40 Å². The van der Waals surface area contributed by atoms with Gasteiger partial charge < -0.3 is 14.6 Å². The van der Waals surface area contributed by atoms with E-state index in [1.807, 2.05) is 6.92 Å². The molecule has 28 heavy (non-hydrogen) atoms. The summed E-state index contributed by atoms with van der Waals surface area (Å²) in [5.74, 6) is -0.629. The lowest BCUT2D eigenvalue weighted by atomic mass is 9.95. The van der Waals surface area contributed by atoms with Gasteiger partial charge in [-0.05, 0) is 49.6 Å². The summed E-state index contributed by atoms with van der Waals surface area (Å²) in [4.78, 5) is 30.8. The highest BCUT2D eigenvalue weighted by atomic mass is 19.1. The van der Waals surface area contributed by atoms with Gasteiger partial charge in [0.1, 0.15) is 11.4 Å². The summed E-state index contributed by atoms with van der Waals surface area (Å²) in [6.45, 7) is 3.01. The van der Waals surface area contributed by atoms with Crippen LogP contribution in [0.3, 0.4) is 0 Å². The summed E-state index contributed by atoms with van der Waals surface area (Å²) in [6.07, 6.45) is 4.19. The van der Waals surface area contributed by atoms with Gasteiger partial charge in [0.05, 0.1) is 12.8 Å². The fourth-order valence-corrected chi connectivity index (χ4v) is 3.48. The number of amides is 2. The van der Waals surface area contributed by atoms with Gasteiger partial charge in [-0.3, -0.25) is 14.0 Å². The van der Waals surface area contributed by atoms with E-state index in [2.05, 4.69) is 10.3 Å². The molecule has 0 aliphatic carbocycles. The molecule has 7 nitrogen and oxygen atoms in total. The zero-order valence-corrected chi connectivity index (χ0v) is 15.5. The number of likely N-dealkylation sites (tertiary alicyclic amines) is 1. The first-order chi connectivity index (χ1) is 13.5. The minimum Gasteiger partial charge on any atom is -0.467 e. The Labute approximate surface area is 161 Å². The van der Waals surface area contributed by atoms with Crippen LogP contribution in [-0.4, -0.2) is 39.2 Å². The van der Waals surface area contributed by atoms with Gasteiger partial charge in [-0.25, -0.2) is 4.98 Å². The van der Waals surface area contributed by atoms with Crippen LogP contribution in [0, 0.1) is 18.8 Å². The molecular weight excluding hydrogens is 363 g/mol. The van der Waals surface area contributed by atoms with Crippen molar-refractivity contribution in [2.75, 3.05) is 13.1 Å². The van der Waals surface area contributed by atoms with Crippen molar-refractivity contribution in [1.82, 2.24) is 19.6 Å². The summed E-state index contributed by atoms with van der Waals surface area (Å²) in [5, 5.41) is 2.85. The molecule has 0 aromatic carbocycles. The zero-order valence-electron chi connectivity index (χ0n) is 15.5. The predicted octanol–water partition coefficient (Wildman–Crippen LogP) is 2.54. The smallest absolute Gasteiger partial charge is 0.277 e. The fraction of sp³-hybridized carbons (Fsp3) is 0.350. The van der Waals surface area contributed by atoms with E-state index < -0.39 is 11.9 Å². The Morgan fingerprint density at radius 2 is 2.11 bits per heavy atom. The lowest BCUT2D eigenvalue weighted by Gasteiger charge is -2.30.